The molecule has 44 valence electrons. The van der Waals surface area contributed by atoms with Crippen molar-refractivity contribution in [2.45, 2.75) is 12.8 Å². The predicted molar refractivity (Wildman–Crippen MR) is 26.9 cm³/mol. The maximum Gasteiger partial charge on any atom is 0.0451 e. The number of carbonyl (C=O) groups is 1. The van der Waals surface area contributed by atoms with Gasteiger partial charge in [0.25, 0.3) is 0 Å². The van der Waals surface area contributed by atoms with Gasteiger partial charge in [0, 0.05) is 11.9 Å². The molecule has 1 rings (SSSR count). The molecule has 1 fully saturated rings. The predicted octanol–water partition coefficient (Wildman–Crippen LogP) is -0.298. The fourth-order valence-electron chi connectivity index (χ4n) is 0.804. The second-order valence-corrected chi connectivity index (χ2v) is 2.17. The third-order valence-electron chi connectivity index (χ3n) is 1.40. The van der Waals surface area contributed by atoms with Gasteiger partial charge < -0.3 is 9.90 Å². The van der Waals surface area contributed by atoms with Crippen molar-refractivity contribution in [2.24, 2.45) is 5.92 Å². The Kier molecular flexibility index (Phi) is 1.08. The molecule has 0 radical (unpaired) electrons. The van der Waals surface area contributed by atoms with Gasteiger partial charge in [0.2, 0.25) is 0 Å². The van der Waals surface area contributed by atoms with Crippen molar-refractivity contribution in [1.82, 2.24) is 0 Å². The average molecular weight is 111 g/mol. The molecule has 0 heterocycles. The van der Waals surface area contributed by atoms with Crippen LogP contribution in [-0.2, 0) is 4.79 Å². The van der Waals surface area contributed by atoms with Gasteiger partial charge in [-0.2, -0.15) is 0 Å². The minimum Gasteiger partial charge on any atom is -0.550 e. The Bertz CT molecular complexity index is 129. The van der Waals surface area contributed by atoms with E-state index < -0.39 is 5.97 Å². The number of hydrogen-bond acceptors (Lipinski definition) is 2. The van der Waals surface area contributed by atoms with Crippen LogP contribution in [0.25, 0.3) is 0 Å². The van der Waals surface area contributed by atoms with Crippen LogP contribution in [0, 0.1) is 5.92 Å². The molecule has 0 atom stereocenters. The van der Waals surface area contributed by atoms with Gasteiger partial charge in [0.05, 0.1) is 0 Å². The summed E-state index contributed by atoms with van der Waals surface area (Å²) in [6.07, 6.45) is 1.25. The van der Waals surface area contributed by atoms with Crippen LogP contribution in [0.1, 0.15) is 12.8 Å². The van der Waals surface area contributed by atoms with Gasteiger partial charge in [-0.15, -0.1) is 0 Å². The third kappa shape index (κ3) is 0.735. The van der Waals surface area contributed by atoms with Gasteiger partial charge in [-0.3, -0.25) is 0 Å². The maximum atomic E-state index is 9.97. The van der Waals surface area contributed by atoms with E-state index in [1.807, 2.05) is 0 Å². The molecule has 2 heteroatoms. The minimum atomic E-state index is -0.933. The lowest BCUT2D eigenvalue weighted by Gasteiger charge is -2.28. The molecule has 0 saturated heterocycles. The minimum absolute atomic E-state index is 0.234. The fourth-order valence-corrected chi connectivity index (χ4v) is 0.804. The maximum absolute atomic E-state index is 9.97. The monoisotopic (exact) mass is 111 g/mol. The zero-order valence-corrected chi connectivity index (χ0v) is 4.52. The van der Waals surface area contributed by atoms with E-state index in [-0.39, 0.29) is 5.92 Å². The molecule has 0 bridgehead atoms. The van der Waals surface area contributed by atoms with E-state index in [1.54, 1.807) is 0 Å². The van der Waals surface area contributed by atoms with Crippen molar-refractivity contribution < 1.29 is 9.90 Å². The lowest BCUT2D eigenvalue weighted by atomic mass is 9.81. The summed E-state index contributed by atoms with van der Waals surface area (Å²) in [5.41, 5.74) is 1.03. The highest BCUT2D eigenvalue weighted by molar-refractivity contribution is 5.70. The number of rotatable bonds is 1. The van der Waals surface area contributed by atoms with Crippen LogP contribution in [0.15, 0.2) is 12.2 Å². The van der Waals surface area contributed by atoms with E-state index in [0.29, 0.717) is 12.8 Å². The molecule has 0 aromatic rings. The van der Waals surface area contributed by atoms with Crippen molar-refractivity contribution in [1.29, 1.82) is 0 Å². The molecular formula is C6H7O2-. The van der Waals surface area contributed by atoms with E-state index >= 15 is 0 Å². The van der Waals surface area contributed by atoms with Crippen LogP contribution in [0.4, 0.5) is 0 Å². The van der Waals surface area contributed by atoms with Gasteiger partial charge in [-0.05, 0) is 12.8 Å². The first kappa shape index (κ1) is 5.35. The first-order chi connectivity index (χ1) is 3.70. The summed E-state index contributed by atoms with van der Waals surface area (Å²) in [6, 6.07) is 0. The molecule has 0 unspecified atom stereocenters. The second-order valence-electron chi connectivity index (χ2n) is 2.17. The van der Waals surface area contributed by atoms with E-state index in [0.717, 1.165) is 5.57 Å². The van der Waals surface area contributed by atoms with Gasteiger partial charge in [0.1, 0.15) is 0 Å². The Hall–Kier alpha value is -0.790. The van der Waals surface area contributed by atoms with Crippen molar-refractivity contribution in [3.8, 4) is 0 Å². The number of aliphatic carboxylic acids is 1. The van der Waals surface area contributed by atoms with Crippen molar-refractivity contribution in [3.63, 3.8) is 0 Å². The molecule has 1 saturated carbocycles. The summed E-state index contributed by atoms with van der Waals surface area (Å²) in [4.78, 5) is 9.97. The fraction of sp³-hybridized carbons (Fsp3) is 0.500. The summed E-state index contributed by atoms with van der Waals surface area (Å²) in [5, 5.41) is 9.97. The van der Waals surface area contributed by atoms with Crippen LogP contribution in [0.5, 0.6) is 0 Å². The zero-order valence-electron chi connectivity index (χ0n) is 4.52. The zero-order chi connectivity index (χ0) is 6.15. The van der Waals surface area contributed by atoms with Gasteiger partial charge in [-0.1, -0.05) is 12.2 Å². The molecule has 8 heavy (non-hydrogen) atoms. The number of hydrogen-bond donors (Lipinski definition) is 0. The Labute approximate surface area is 47.8 Å². The van der Waals surface area contributed by atoms with Gasteiger partial charge >= 0.3 is 0 Å². The van der Waals surface area contributed by atoms with E-state index in [1.165, 1.54) is 0 Å². The van der Waals surface area contributed by atoms with E-state index in [2.05, 4.69) is 6.58 Å². The Balaban J connectivity index is 2.35. The molecule has 1 aliphatic carbocycles. The van der Waals surface area contributed by atoms with Gasteiger partial charge in [-0.25, -0.2) is 0 Å². The summed E-state index contributed by atoms with van der Waals surface area (Å²) in [5.74, 6) is -1.17. The first-order valence-corrected chi connectivity index (χ1v) is 2.57. The quantitative estimate of drug-likeness (QED) is 0.436. The Morgan fingerprint density at radius 2 is 2.25 bits per heavy atom. The standard InChI is InChI=1S/C6H8O2/c1-4-2-5(3-4)6(7)8/h5H,1-3H2,(H,7,8)/p-1. The molecule has 0 aromatic carbocycles. The molecular weight excluding hydrogens is 104 g/mol. The van der Waals surface area contributed by atoms with Crippen LogP contribution < -0.4 is 5.11 Å². The normalized spacial score (nSPS) is 20.2. The summed E-state index contributed by atoms with van der Waals surface area (Å²) in [6.45, 7) is 3.60. The first-order valence-electron chi connectivity index (χ1n) is 2.57. The lowest BCUT2D eigenvalue weighted by Crippen LogP contribution is -2.36. The molecule has 0 aliphatic heterocycles. The second kappa shape index (κ2) is 1.62. The van der Waals surface area contributed by atoms with Gasteiger partial charge in [0.15, 0.2) is 0 Å². The highest BCUT2D eigenvalue weighted by atomic mass is 16.4. The molecule has 2 nitrogen and oxygen atoms in total. The van der Waals surface area contributed by atoms with Crippen LogP contribution in [0.2, 0.25) is 0 Å². The number of allylic oxidation sites excluding steroid dienone is 1. The molecule has 1 aliphatic rings. The number of carbonyl (C=O) groups excluding carboxylic acids is 1. The largest absolute Gasteiger partial charge is 0.550 e. The van der Waals surface area contributed by atoms with Crippen molar-refractivity contribution in [2.75, 3.05) is 0 Å². The summed E-state index contributed by atoms with van der Waals surface area (Å²) < 4.78 is 0. The topological polar surface area (TPSA) is 40.1 Å². The lowest BCUT2D eigenvalue weighted by molar-refractivity contribution is -0.312. The smallest absolute Gasteiger partial charge is 0.0451 e. The van der Waals surface area contributed by atoms with Crippen LogP contribution in [-0.4, -0.2) is 5.97 Å². The van der Waals surface area contributed by atoms with E-state index in [4.69, 9.17) is 0 Å². The molecule has 0 amide bonds. The van der Waals surface area contributed by atoms with Crippen molar-refractivity contribution >= 4 is 5.97 Å². The highest BCUT2D eigenvalue weighted by Crippen LogP contribution is 2.30. The third-order valence-corrected chi connectivity index (χ3v) is 1.40. The SMILES string of the molecule is C=C1CC(C(=O)[O-])C1. The molecule has 0 N–H and O–H groups in total. The summed E-state index contributed by atoms with van der Waals surface area (Å²) in [7, 11) is 0. The highest BCUT2D eigenvalue weighted by Gasteiger charge is 2.21. The molecule has 0 spiro atoms. The Morgan fingerprint density at radius 3 is 2.38 bits per heavy atom. The van der Waals surface area contributed by atoms with Crippen molar-refractivity contribution in [3.05, 3.63) is 12.2 Å². The summed E-state index contributed by atoms with van der Waals surface area (Å²) >= 11 is 0. The average Bonchev–Trinajstić information content (AvgIpc) is 1.57. The molecule has 0 aromatic heterocycles. The van der Waals surface area contributed by atoms with E-state index in [9.17, 15) is 9.90 Å². The van der Waals surface area contributed by atoms with Crippen LogP contribution in [0.3, 0.4) is 0 Å². The number of carboxylic acids is 1. The van der Waals surface area contributed by atoms with Crippen LogP contribution >= 0.6 is 0 Å². The number of carboxylic acid groups (broad SMARTS) is 1. The Morgan fingerprint density at radius 1 is 1.75 bits per heavy atom.